The van der Waals surface area contributed by atoms with Crippen molar-refractivity contribution in [1.82, 2.24) is 20.0 Å². The third-order valence-corrected chi connectivity index (χ3v) is 7.07. The summed E-state index contributed by atoms with van der Waals surface area (Å²) in [6.07, 6.45) is 4.60. The Morgan fingerprint density at radius 3 is 2.65 bits per heavy atom. The number of hydrogen-bond donors (Lipinski definition) is 1. The van der Waals surface area contributed by atoms with Gasteiger partial charge in [0.05, 0.1) is 10.6 Å². The first-order valence-electron chi connectivity index (χ1n) is 8.51. The molecule has 1 N–H and O–H groups in total. The molecule has 0 bridgehead atoms. The van der Waals surface area contributed by atoms with Crippen LogP contribution in [0, 0.1) is 0 Å². The van der Waals surface area contributed by atoms with E-state index in [2.05, 4.69) is 43.9 Å². The van der Waals surface area contributed by atoms with Gasteiger partial charge in [-0.2, -0.15) is 16.9 Å². The van der Waals surface area contributed by atoms with E-state index in [9.17, 15) is 0 Å². The zero-order valence-electron chi connectivity index (χ0n) is 13.4. The van der Waals surface area contributed by atoms with Crippen LogP contribution in [-0.4, -0.2) is 63.7 Å². The first-order valence-corrected chi connectivity index (χ1v) is 10.5. The smallest absolute Gasteiger partial charge is 0.0749 e. The van der Waals surface area contributed by atoms with E-state index >= 15 is 0 Å². The maximum atomic E-state index is 4.04. The van der Waals surface area contributed by atoms with Crippen LogP contribution in [0.1, 0.15) is 17.7 Å². The highest BCUT2D eigenvalue weighted by molar-refractivity contribution is 7.99. The lowest BCUT2D eigenvalue weighted by atomic mass is 10.1. The highest BCUT2D eigenvalue weighted by Crippen LogP contribution is 2.28. The predicted molar refractivity (Wildman–Crippen MR) is 99.1 cm³/mol. The van der Waals surface area contributed by atoms with E-state index in [1.54, 1.807) is 0 Å². The molecule has 0 spiro atoms. The largest absolute Gasteiger partial charge is 0.298 e. The van der Waals surface area contributed by atoms with Crippen LogP contribution in [0.4, 0.5) is 0 Å². The molecule has 0 radical (unpaired) electrons. The van der Waals surface area contributed by atoms with Crippen molar-refractivity contribution in [2.75, 3.05) is 37.7 Å². The Morgan fingerprint density at radius 1 is 1.09 bits per heavy atom. The van der Waals surface area contributed by atoms with Crippen molar-refractivity contribution < 1.29 is 0 Å². The zero-order chi connectivity index (χ0) is 15.5. The van der Waals surface area contributed by atoms with E-state index in [0.717, 1.165) is 18.3 Å². The third kappa shape index (κ3) is 3.82. The fourth-order valence-electron chi connectivity index (χ4n) is 3.56. The molecule has 2 aliphatic rings. The molecule has 2 aliphatic heterocycles. The van der Waals surface area contributed by atoms with Crippen molar-refractivity contribution in [3.8, 4) is 10.6 Å². The highest BCUT2D eigenvalue weighted by Gasteiger charge is 2.25. The first kappa shape index (κ1) is 15.7. The van der Waals surface area contributed by atoms with Gasteiger partial charge in [-0.3, -0.25) is 14.9 Å². The summed E-state index contributed by atoms with van der Waals surface area (Å²) in [5.41, 5.74) is 1.13. The van der Waals surface area contributed by atoms with Crippen LogP contribution < -0.4 is 0 Å². The predicted octanol–water partition coefficient (Wildman–Crippen LogP) is 3.15. The molecule has 2 aromatic rings. The Morgan fingerprint density at radius 2 is 1.91 bits per heavy atom. The van der Waals surface area contributed by atoms with Gasteiger partial charge in [-0.1, -0.05) is 0 Å². The maximum absolute atomic E-state index is 4.04. The minimum Gasteiger partial charge on any atom is -0.298 e. The molecule has 4 heterocycles. The SMILES string of the molecule is c1cc(-c2ccc(CN3CCN(C4CCSCC4)CC3)s2)[nH]n1. The van der Waals surface area contributed by atoms with Gasteiger partial charge >= 0.3 is 0 Å². The third-order valence-electron chi connectivity index (χ3n) is 4.92. The topological polar surface area (TPSA) is 35.2 Å². The second-order valence-corrected chi connectivity index (χ2v) is 8.79. The summed E-state index contributed by atoms with van der Waals surface area (Å²) in [5.74, 6) is 2.72. The lowest BCUT2D eigenvalue weighted by molar-refractivity contribution is 0.0885. The molecule has 0 atom stereocenters. The second-order valence-electron chi connectivity index (χ2n) is 6.39. The van der Waals surface area contributed by atoms with Crippen molar-refractivity contribution in [2.45, 2.75) is 25.4 Å². The molecule has 0 saturated carbocycles. The van der Waals surface area contributed by atoms with Gasteiger partial charge in [-0.15, -0.1) is 11.3 Å². The molecule has 0 aliphatic carbocycles. The Balaban J connectivity index is 1.29. The highest BCUT2D eigenvalue weighted by atomic mass is 32.2. The van der Waals surface area contributed by atoms with Crippen LogP contribution in [0.25, 0.3) is 10.6 Å². The summed E-state index contributed by atoms with van der Waals surface area (Å²) >= 11 is 4.01. The van der Waals surface area contributed by atoms with E-state index in [1.807, 2.05) is 23.6 Å². The Hall–Kier alpha value is -0.820. The average molecular weight is 349 g/mol. The van der Waals surface area contributed by atoms with Crippen LogP contribution in [0.3, 0.4) is 0 Å². The standard InChI is InChI=1S/C17H24N4S2/c1-2-17(16-3-6-18-19-16)23-15(1)13-20-7-9-21(10-8-20)14-4-11-22-12-5-14/h1-3,6,14H,4-5,7-13H2,(H,18,19). The number of nitrogens with zero attached hydrogens (tertiary/aromatic N) is 3. The lowest BCUT2D eigenvalue weighted by Crippen LogP contribution is -2.50. The van der Waals surface area contributed by atoms with Crippen molar-refractivity contribution in [3.05, 3.63) is 29.3 Å². The number of aromatic nitrogens is 2. The van der Waals surface area contributed by atoms with Crippen LogP contribution in [0.5, 0.6) is 0 Å². The minimum atomic E-state index is 0.854. The quantitative estimate of drug-likeness (QED) is 0.921. The molecule has 124 valence electrons. The van der Waals surface area contributed by atoms with E-state index in [4.69, 9.17) is 0 Å². The Kier molecular flexibility index (Phi) is 5.04. The number of thiophene rings is 1. The van der Waals surface area contributed by atoms with Gasteiger partial charge in [0.1, 0.15) is 0 Å². The number of aromatic amines is 1. The monoisotopic (exact) mass is 348 g/mol. The van der Waals surface area contributed by atoms with Gasteiger partial charge < -0.3 is 0 Å². The fraction of sp³-hybridized carbons (Fsp3) is 0.588. The fourth-order valence-corrected chi connectivity index (χ4v) is 5.67. The molecule has 4 rings (SSSR count). The first-order chi connectivity index (χ1) is 11.4. The van der Waals surface area contributed by atoms with Crippen LogP contribution >= 0.6 is 23.1 Å². The Labute approximate surface area is 146 Å². The molecule has 2 aromatic heterocycles. The zero-order valence-corrected chi connectivity index (χ0v) is 15.0. The van der Waals surface area contributed by atoms with Gasteiger partial charge in [0, 0.05) is 49.8 Å². The lowest BCUT2D eigenvalue weighted by Gasteiger charge is -2.40. The molecule has 23 heavy (non-hydrogen) atoms. The molecular weight excluding hydrogens is 324 g/mol. The average Bonchev–Trinajstić information content (AvgIpc) is 3.28. The summed E-state index contributed by atoms with van der Waals surface area (Å²) in [5, 5.41) is 7.09. The summed E-state index contributed by atoms with van der Waals surface area (Å²) < 4.78 is 0. The number of H-pyrrole nitrogens is 1. The van der Waals surface area contributed by atoms with Crippen LogP contribution in [-0.2, 0) is 6.54 Å². The molecule has 2 fully saturated rings. The van der Waals surface area contributed by atoms with Crippen LogP contribution in [0.2, 0.25) is 0 Å². The number of nitrogens with one attached hydrogen (secondary N) is 1. The van der Waals surface area contributed by atoms with E-state index < -0.39 is 0 Å². The molecular formula is C17H24N4S2. The number of thioether (sulfide) groups is 1. The normalized spacial score (nSPS) is 21.7. The summed E-state index contributed by atoms with van der Waals surface area (Å²) in [6, 6.07) is 7.37. The molecule has 0 unspecified atom stereocenters. The molecule has 0 aromatic carbocycles. The van der Waals surface area contributed by atoms with Crippen molar-refractivity contribution in [2.24, 2.45) is 0 Å². The maximum Gasteiger partial charge on any atom is 0.0749 e. The number of hydrogen-bond acceptors (Lipinski definition) is 5. The molecule has 0 amide bonds. The Bertz CT molecular complexity index is 596. The van der Waals surface area contributed by atoms with Gasteiger partial charge in [0.2, 0.25) is 0 Å². The summed E-state index contributed by atoms with van der Waals surface area (Å²) in [4.78, 5) is 8.09. The number of rotatable bonds is 4. The van der Waals surface area contributed by atoms with E-state index in [-0.39, 0.29) is 0 Å². The molecule has 6 heteroatoms. The van der Waals surface area contributed by atoms with Gasteiger partial charge in [-0.25, -0.2) is 0 Å². The second kappa shape index (κ2) is 7.38. The van der Waals surface area contributed by atoms with Gasteiger partial charge in [-0.05, 0) is 42.5 Å². The number of piperazine rings is 1. The van der Waals surface area contributed by atoms with Gasteiger partial charge in [0.25, 0.3) is 0 Å². The van der Waals surface area contributed by atoms with Crippen molar-refractivity contribution >= 4 is 23.1 Å². The summed E-state index contributed by atoms with van der Waals surface area (Å²) in [6.45, 7) is 6.00. The summed E-state index contributed by atoms with van der Waals surface area (Å²) in [7, 11) is 0. The van der Waals surface area contributed by atoms with E-state index in [1.165, 1.54) is 60.3 Å². The molecule has 2 saturated heterocycles. The van der Waals surface area contributed by atoms with Gasteiger partial charge in [0.15, 0.2) is 0 Å². The van der Waals surface area contributed by atoms with Crippen molar-refractivity contribution in [1.29, 1.82) is 0 Å². The van der Waals surface area contributed by atoms with Crippen LogP contribution in [0.15, 0.2) is 24.4 Å². The minimum absolute atomic E-state index is 0.854. The van der Waals surface area contributed by atoms with E-state index in [0.29, 0.717) is 0 Å². The molecule has 4 nitrogen and oxygen atoms in total. The van der Waals surface area contributed by atoms with Crippen molar-refractivity contribution in [3.63, 3.8) is 0 Å².